The fourth-order valence-corrected chi connectivity index (χ4v) is 0.717. The number of carboxylic acids is 1. The van der Waals surface area contributed by atoms with Crippen LogP contribution in [0.25, 0.3) is 0 Å². The number of aliphatic carboxylic acids is 1. The van der Waals surface area contributed by atoms with Crippen LogP contribution in [0.3, 0.4) is 0 Å². The number of hydrogen-bond acceptors (Lipinski definition) is 2. The largest absolute Gasteiger partial charge is 0.481 e. The number of amides is 1. The maximum atomic E-state index is 10.5. The van der Waals surface area contributed by atoms with Gasteiger partial charge in [0.25, 0.3) is 0 Å². The lowest BCUT2D eigenvalue weighted by molar-refractivity contribution is -0.137. The topological polar surface area (TPSA) is 66.4 Å². The minimum absolute atomic E-state index is 0.0596. The van der Waals surface area contributed by atoms with Crippen molar-refractivity contribution in [3.05, 3.63) is 0 Å². The summed E-state index contributed by atoms with van der Waals surface area (Å²) in [7, 11) is 0. The van der Waals surface area contributed by atoms with Gasteiger partial charge in [-0.3, -0.25) is 13.1 Å². The zero-order chi connectivity index (χ0) is 7.98. The van der Waals surface area contributed by atoms with Crippen molar-refractivity contribution in [3.63, 3.8) is 0 Å². The van der Waals surface area contributed by atoms with Crippen LogP contribution in [0.15, 0.2) is 0 Å². The molecule has 0 unspecified atom stereocenters. The zero-order valence-electron chi connectivity index (χ0n) is 5.26. The fraction of sp³-hybridized carbons (Fsp3) is 0.600. The molecule has 0 aliphatic carbocycles. The summed E-state index contributed by atoms with van der Waals surface area (Å²) in [5.41, 5.74) is 0. The second-order valence-corrected chi connectivity index (χ2v) is 2.30. The quantitative estimate of drug-likeness (QED) is 0.575. The van der Waals surface area contributed by atoms with Crippen LogP contribution in [0.2, 0.25) is 0 Å². The monoisotopic (exact) mass is 257 g/mol. The summed E-state index contributed by atoms with van der Waals surface area (Å²) in [4.78, 5) is 20.4. The molecule has 0 heterocycles. The van der Waals surface area contributed by atoms with Gasteiger partial charge in [-0.25, -0.2) is 0 Å². The molecule has 0 aliphatic rings. The third kappa shape index (κ3) is 5.80. The molecule has 5 heteroatoms. The Bertz CT molecular complexity index is 137. The third-order valence-corrected chi connectivity index (χ3v) is 1.50. The highest BCUT2D eigenvalue weighted by molar-refractivity contribution is 14.1. The minimum Gasteiger partial charge on any atom is -0.481 e. The molecule has 2 N–H and O–H groups in total. The van der Waals surface area contributed by atoms with E-state index in [1.807, 2.05) is 0 Å². The molecular formula is C5H8INO3. The van der Waals surface area contributed by atoms with Gasteiger partial charge in [-0.2, -0.15) is 0 Å². The lowest BCUT2D eigenvalue weighted by atomic mass is 10.2. The fourth-order valence-electron chi connectivity index (χ4n) is 0.447. The van der Waals surface area contributed by atoms with Crippen molar-refractivity contribution < 1.29 is 14.7 Å². The highest BCUT2D eigenvalue weighted by Gasteiger charge is 2.00. The van der Waals surface area contributed by atoms with Crippen LogP contribution in [-0.4, -0.2) is 17.0 Å². The zero-order valence-corrected chi connectivity index (χ0v) is 7.42. The third-order valence-electron chi connectivity index (χ3n) is 0.900. The Morgan fingerprint density at radius 2 is 2.00 bits per heavy atom. The van der Waals surface area contributed by atoms with Gasteiger partial charge >= 0.3 is 5.97 Å². The Kier molecular flexibility index (Phi) is 5.27. The molecular weight excluding hydrogens is 249 g/mol. The predicted molar refractivity (Wildman–Crippen MR) is 43.6 cm³/mol. The summed E-state index contributed by atoms with van der Waals surface area (Å²) in [5.74, 6) is -0.983. The second kappa shape index (κ2) is 5.45. The van der Waals surface area contributed by atoms with Crippen LogP contribution in [0.5, 0.6) is 0 Å². The normalized spacial score (nSPS) is 8.90. The van der Waals surface area contributed by atoms with Crippen molar-refractivity contribution in [2.45, 2.75) is 19.3 Å². The van der Waals surface area contributed by atoms with Crippen LogP contribution in [0.4, 0.5) is 0 Å². The number of carbonyl (C=O) groups excluding carboxylic acids is 1. The van der Waals surface area contributed by atoms with E-state index in [0.717, 1.165) is 0 Å². The number of carbonyl (C=O) groups is 2. The highest BCUT2D eigenvalue weighted by Crippen LogP contribution is 1.95. The highest BCUT2D eigenvalue weighted by atomic mass is 127. The Morgan fingerprint density at radius 3 is 2.40 bits per heavy atom. The Balaban J connectivity index is 3.20. The lowest BCUT2D eigenvalue weighted by Gasteiger charge is -1.93. The van der Waals surface area contributed by atoms with Gasteiger partial charge in [-0.15, -0.1) is 0 Å². The van der Waals surface area contributed by atoms with Crippen LogP contribution in [0.1, 0.15) is 19.3 Å². The lowest BCUT2D eigenvalue weighted by Crippen LogP contribution is -2.11. The van der Waals surface area contributed by atoms with Crippen molar-refractivity contribution in [2.24, 2.45) is 0 Å². The molecule has 0 aromatic rings. The molecule has 0 saturated heterocycles. The molecule has 58 valence electrons. The van der Waals surface area contributed by atoms with E-state index in [0.29, 0.717) is 6.42 Å². The molecule has 1 amide bonds. The molecule has 0 aliphatic heterocycles. The van der Waals surface area contributed by atoms with Crippen molar-refractivity contribution in [1.29, 1.82) is 0 Å². The molecule has 0 saturated carbocycles. The standard InChI is InChI=1S/C5H8INO3/c6-7-4(8)2-1-3-5(9)10/h1-3H2,(H,7,8)(H,9,10). The first kappa shape index (κ1) is 9.67. The summed E-state index contributed by atoms with van der Waals surface area (Å²) in [6.45, 7) is 0. The molecule has 0 atom stereocenters. The second-order valence-electron chi connectivity index (χ2n) is 1.76. The van der Waals surface area contributed by atoms with Crippen LogP contribution in [-0.2, 0) is 9.59 Å². The minimum atomic E-state index is -0.860. The Labute approximate surface area is 72.5 Å². The summed E-state index contributed by atoms with van der Waals surface area (Å²) in [5, 5.41) is 8.17. The molecule has 0 fully saturated rings. The maximum Gasteiger partial charge on any atom is 0.303 e. The van der Waals surface area contributed by atoms with E-state index in [4.69, 9.17) is 5.11 Å². The van der Waals surface area contributed by atoms with Gasteiger partial charge in [-0.05, 0) is 6.42 Å². The van der Waals surface area contributed by atoms with Crippen molar-refractivity contribution in [1.82, 2.24) is 3.53 Å². The van der Waals surface area contributed by atoms with Gasteiger partial charge in [0.15, 0.2) is 0 Å². The van der Waals surface area contributed by atoms with Gasteiger partial charge in [-0.1, -0.05) is 0 Å². The van der Waals surface area contributed by atoms with E-state index >= 15 is 0 Å². The molecule has 0 aromatic heterocycles. The first-order valence-corrected chi connectivity index (χ1v) is 3.86. The van der Waals surface area contributed by atoms with Crippen molar-refractivity contribution >= 4 is 34.7 Å². The molecule has 0 rings (SSSR count). The number of hydrogen-bond donors (Lipinski definition) is 2. The predicted octanol–water partition coefficient (Wildman–Crippen LogP) is 0.708. The van der Waals surface area contributed by atoms with Crippen molar-refractivity contribution in [3.8, 4) is 0 Å². The number of nitrogens with one attached hydrogen (secondary N) is 1. The molecule has 0 bridgehead atoms. The van der Waals surface area contributed by atoms with E-state index in [9.17, 15) is 9.59 Å². The van der Waals surface area contributed by atoms with E-state index in [1.54, 1.807) is 22.9 Å². The van der Waals surface area contributed by atoms with Crippen molar-refractivity contribution in [2.75, 3.05) is 0 Å². The number of halogens is 1. The molecule has 10 heavy (non-hydrogen) atoms. The summed E-state index contributed by atoms with van der Waals surface area (Å²) < 4.78 is 2.38. The number of carboxylic acid groups (broad SMARTS) is 1. The molecule has 0 radical (unpaired) electrons. The van der Waals surface area contributed by atoms with E-state index in [2.05, 4.69) is 3.53 Å². The molecule has 0 spiro atoms. The Morgan fingerprint density at radius 1 is 1.40 bits per heavy atom. The summed E-state index contributed by atoms with van der Waals surface area (Å²) >= 11 is 1.72. The first-order chi connectivity index (χ1) is 4.66. The van der Waals surface area contributed by atoms with E-state index in [-0.39, 0.29) is 18.7 Å². The number of rotatable bonds is 4. The van der Waals surface area contributed by atoms with Gasteiger partial charge in [0.05, 0.1) is 22.9 Å². The summed E-state index contributed by atoms with van der Waals surface area (Å²) in [6, 6.07) is 0. The van der Waals surface area contributed by atoms with Gasteiger partial charge in [0, 0.05) is 12.8 Å². The SMILES string of the molecule is O=C(O)CCCC(=O)NI. The van der Waals surface area contributed by atoms with Gasteiger partial charge in [0.1, 0.15) is 0 Å². The average molecular weight is 257 g/mol. The van der Waals surface area contributed by atoms with E-state index < -0.39 is 5.97 Å². The molecule has 4 nitrogen and oxygen atoms in total. The Hall–Kier alpha value is -0.330. The summed E-state index contributed by atoms with van der Waals surface area (Å²) in [6.07, 6.45) is 0.753. The smallest absolute Gasteiger partial charge is 0.303 e. The average Bonchev–Trinajstić information content (AvgIpc) is 1.87. The molecule has 0 aromatic carbocycles. The van der Waals surface area contributed by atoms with Gasteiger partial charge < -0.3 is 5.11 Å². The maximum absolute atomic E-state index is 10.5. The first-order valence-electron chi connectivity index (χ1n) is 2.78. The van der Waals surface area contributed by atoms with Crippen LogP contribution >= 0.6 is 22.9 Å². The van der Waals surface area contributed by atoms with Crippen LogP contribution < -0.4 is 3.53 Å². The van der Waals surface area contributed by atoms with E-state index in [1.165, 1.54) is 0 Å². The van der Waals surface area contributed by atoms with Crippen LogP contribution in [0, 0.1) is 0 Å². The van der Waals surface area contributed by atoms with Gasteiger partial charge in [0.2, 0.25) is 5.91 Å².